The lowest BCUT2D eigenvalue weighted by Crippen LogP contribution is -2.54. The van der Waals surface area contributed by atoms with E-state index in [0.717, 1.165) is 41.7 Å². The second-order valence-electron chi connectivity index (χ2n) is 7.42. The highest BCUT2D eigenvalue weighted by atomic mass is 32.3. The van der Waals surface area contributed by atoms with Crippen molar-refractivity contribution in [2.24, 2.45) is 11.8 Å². The first kappa shape index (κ1) is 33.0. The van der Waals surface area contributed by atoms with Gasteiger partial charge in [-0.25, -0.2) is 0 Å². The van der Waals surface area contributed by atoms with E-state index in [1.807, 2.05) is 24.3 Å². The third-order valence-electron chi connectivity index (χ3n) is 5.82. The smallest absolute Gasteiger partial charge is 0.394 e. The van der Waals surface area contributed by atoms with E-state index >= 15 is 0 Å². The molecule has 1 aromatic carbocycles. The fraction of sp³-hybridized carbons (Fsp3) is 0.450. The van der Waals surface area contributed by atoms with Crippen LogP contribution < -0.4 is 4.74 Å². The van der Waals surface area contributed by atoms with Crippen LogP contribution in [0.5, 0.6) is 5.75 Å². The second-order valence-corrected chi connectivity index (χ2v) is 8.32. The number of methoxy groups -OCH3 is 1. The lowest BCUT2D eigenvalue weighted by Gasteiger charge is -2.50. The number of hydrogen-bond acceptors (Lipinski definition) is 6. The Morgan fingerprint density at radius 2 is 1.85 bits per heavy atom. The summed E-state index contributed by atoms with van der Waals surface area (Å²) >= 11 is 0. The Hall–Kier alpha value is -2.20. The molecule has 5 rings (SSSR count). The maximum Gasteiger partial charge on any atom is 0.394 e. The van der Waals surface area contributed by atoms with Crippen molar-refractivity contribution in [1.82, 2.24) is 9.88 Å². The normalized spacial score (nSPS) is 23.8. The number of aliphatic hydroxyl groups excluding tert-OH is 1. The minimum absolute atomic E-state index is 0. The van der Waals surface area contributed by atoms with E-state index in [9.17, 15) is 5.11 Å². The zero-order valence-electron chi connectivity index (χ0n) is 18.2. The molecule has 13 heteroatoms. The zero-order chi connectivity index (χ0) is 21.2. The number of pyridine rings is 1. The van der Waals surface area contributed by atoms with E-state index in [0.29, 0.717) is 11.8 Å². The van der Waals surface area contributed by atoms with Crippen molar-refractivity contribution in [2.75, 3.05) is 20.2 Å². The molecule has 12 nitrogen and oxygen atoms in total. The molecule has 3 saturated heterocycles. The van der Waals surface area contributed by atoms with E-state index in [2.05, 4.69) is 22.5 Å². The maximum absolute atomic E-state index is 11.2. The van der Waals surface area contributed by atoms with Crippen LogP contribution in [0.15, 0.2) is 43.1 Å². The lowest BCUT2D eigenvalue weighted by molar-refractivity contribution is -0.0444. The van der Waals surface area contributed by atoms with Gasteiger partial charge in [-0.15, -0.1) is 6.58 Å². The SMILES string of the molecule is C=CC1CN2CCC1CC2C(O)c1ccnc2ccc(OC)cc12.O.O.O.O.O=S(=O)(O)O. The van der Waals surface area contributed by atoms with Gasteiger partial charge in [0.1, 0.15) is 5.75 Å². The Morgan fingerprint density at radius 3 is 2.36 bits per heavy atom. The molecular weight excluding hydrogens is 460 g/mol. The van der Waals surface area contributed by atoms with Crippen LogP contribution in [0.2, 0.25) is 0 Å². The first-order chi connectivity index (χ1) is 13.7. The summed E-state index contributed by atoms with van der Waals surface area (Å²) < 4.78 is 36.9. The zero-order valence-corrected chi connectivity index (χ0v) is 19.0. The molecule has 2 bridgehead atoms. The van der Waals surface area contributed by atoms with Crippen LogP contribution >= 0.6 is 0 Å². The van der Waals surface area contributed by atoms with Gasteiger partial charge in [0.05, 0.1) is 18.7 Å². The molecule has 11 N–H and O–H groups in total. The van der Waals surface area contributed by atoms with Gasteiger partial charge in [0.15, 0.2) is 0 Å². The number of rotatable bonds is 4. The van der Waals surface area contributed by atoms with Gasteiger partial charge in [-0.3, -0.25) is 19.0 Å². The summed E-state index contributed by atoms with van der Waals surface area (Å²) in [4.78, 5) is 6.86. The standard InChI is InChI=1S/C20H24N2O2.H2O4S.4H2O/c1-3-13-12-22-9-7-14(13)10-19(22)20(23)16-6-8-21-18-5-4-15(24-2)11-17(16)18;1-5(2,3)4;;;;/h3-6,8,11,13-14,19-20,23H,1,7,9-10,12H2,2H3;(H2,1,2,3,4);4*1H2. The number of piperidine rings is 3. The number of hydrogen-bond donors (Lipinski definition) is 3. The molecule has 0 spiro atoms. The first-order valence-electron chi connectivity index (χ1n) is 9.38. The minimum Gasteiger partial charge on any atom is -0.497 e. The Bertz CT molecular complexity index is 980. The lowest BCUT2D eigenvalue weighted by atomic mass is 9.73. The fourth-order valence-corrected chi connectivity index (χ4v) is 4.44. The van der Waals surface area contributed by atoms with Crippen molar-refractivity contribution in [3.8, 4) is 5.75 Å². The van der Waals surface area contributed by atoms with Gasteiger partial charge >= 0.3 is 10.4 Å². The van der Waals surface area contributed by atoms with Crippen LogP contribution in [0.4, 0.5) is 0 Å². The molecule has 3 aliphatic rings. The van der Waals surface area contributed by atoms with Crippen molar-refractivity contribution in [3.63, 3.8) is 0 Å². The van der Waals surface area contributed by atoms with Crippen molar-refractivity contribution in [3.05, 3.63) is 48.7 Å². The Balaban J connectivity index is 0. The molecule has 3 aliphatic heterocycles. The van der Waals surface area contributed by atoms with E-state index in [4.69, 9.17) is 22.3 Å². The Morgan fingerprint density at radius 1 is 1.21 bits per heavy atom. The number of benzene rings is 1. The van der Waals surface area contributed by atoms with Gasteiger partial charge in [0, 0.05) is 24.2 Å². The van der Waals surface area contributed by atoms with Gasteiger partial charge < -0.3 is 31.7 Å². The molecule has 0 radical (unpaired) electrons. The predicted molar refractivity (Wildman–Crippen MR) is 124 cm³/mol. The number of aliphatic hydroxyl groups is 1. The topological polar surface area (TPSA) is 246 Å². The monoisotopic (exact) mass is 494 g/mol. The van der Waals surface area contributed by atoms with Crippen LogP contribution in [0.25, 0.3) is 10.9 Å². The third kappa shape index (κ3) is 7.96. The molecular formula is C20H34N2O10S. The molecule has 2 aromatic rings. The van der Waals surface area contributed by atoms with Crippen molar-refractivity contribution in [2.45, 2.75) is 25.0 Å². The quantitative estimate of drug-likeness (QED) is 0.358. The maximum atomic E-state index is 11.2. The van der Waals surface area contributed by atoms with Crippen molar-refractivity contribution in [1.29, 1.82) is 0 Å². The minimum atomic E-state index is -4.67. The Labute approximate surface area is 192 Å². The van der Waals surface area contributed by atoms with Crippen LogP contribution in [0.1, 0.15) is 24.5 Å². The highest BCUT2D eigenvalue weighted by molar-refractivity contribution is 7.79. The summed E-state index contributed by atoms with van der Waals surface area (Å²) in [7, 11) is -3.01. The third-order valence-corrected chi connectivity index (χ3v) is 5.82. The van der Waals surface area contributed by atoms with Crippen molar-refractivity contribution < 1.29 is 49.3 Å². The molecule has 33 heavy (non-hydrogen) atoms. The molecule has 0 amide bonds. The van der Waals surface area contributed by atoms with Gasteiger partial charge in [0.25, 0.3) is 0 Å². The number of fused-ring (bicyclic) bond motifs is 4. The fourth-order valence-electron chi connectivity index (χ4n) is 4.44. The van der Waals surface area contributed by atoms with Gasteiger partial charge in [-0.2, -0.15) is 8.42 Å². The predicted octanol–water partition coefficient (Wildman–Crippen LogP) is -0.778. The van der Waals surface area contributed by atoms with Gasteiger partial charge in [-0.05, 0) is 61.1 Å². The molecule has 5 unspecified atom stereocenters. The molecule has 4 heterocycles. The van der Waals surface area contributed by atoms with E-state index in [1.165, 1.54) is 6.42 Å². The van der Waals surface area contributed by atoms with Gasteiger partial charge in [-0.1, -0.05) is 6.08 Å². The van der Waals surface area contributed by atoms with E-state index in [-0.39, 0.29) is 27.9 Å². The van der Waals surface area contributed by atoms with E-state index < -0.39 is 16.5 Å². The Kier molecular flexibility index (Phi) is 13.5. The van der Waals surface area contributed by atoms with Crippen LogP contribution in [-0.2, 0) is 10.4 Å². The molecule has 3 fully saturated rings. The molecule has 1 aromatic heterocycles. The molecule has 0 saturated carbocycles. The largest absolute Gasteiger partial charge is 0.497 e. The summed E-state index contributed by atoms with van der Waals surface area (Å²) in [5.41, 5.74) is 1.85. The second kappa shape index (κ2) is 13.5. The summed E-state index contributed by atoms with van der Waals surface area (Å²) in [5, 5.41) is 12.1. The number of ether oxygens (including phenoxy) is 1. The molecule has 0 aliphatic carbocycles. The van der Waals surface area contributed by atoms with Crippen LogP contribution in [0, 0.1) is 11.8 Å². The number of nitrogens with zero attached hydrogens (tertiary/aromatic N) is 2. The highest BCUT2D eigenvalue weighted by Gasteiger charge is 2.42. The highest BCUT2D eigenvalue weighted by Crippen LogP contribution is 2.42. The number of aromatic nitrogens is 1. The summed E-state index contributed by atoms with van der Waals surface area (Å²) in [6.45, 7) is 6.07. The summed E-state index contributed by atoms with van der Waals surface area (Å²) in [6, 6.07) is 7.96. The van der Waals surface area contributed by atoms with Gasteiger partial charge in [0.2, 0.25) is 0 Å². The molecule has 5 atom stereocenters. The molecule has 190 valence electrons. The van der Waals surface area contributed by atoms with E-state index in [1.54, 1.807) is 13.3 Å². The van der Waals surface area contributed by atoms with Crippen molar-refractivity contribution >= 4 is 21.3 Å². The van der Waals surface area contributed by atoms with Crippen LogP contribution in [0.3, 0.4) is 0 Å². The summed E-state index contributed by atoms with van der Waals surface area (Å²) in [5.74, 6) is 2.01. The summed E-state index contributed by atoms with van der Waals surface area (Å²) in [6.07, 6.45) is 5.62. The average molecular weight is 495 g/mol. The van der Waals surface area contributed by atoms with Crippen LogP contribution in [-0.4, -0.2) is 80.7 Å². The first-order valence-corrected chi connectivity index (χ1v) is 10.8. The average Bonchev–Trinajstić information content (AvgIpc) is 2.71.